The SMILES string of the molecule is CCOC(=O)CN1CCN(c2cnc(C(=O)Nc3nc(-c4cc(Br)cc(C(F)(F)F)c4)c(CN4CCC[C@H]4C)s3)cn2)[C@H](C)C1. The van der Waals surface area contributed by atoms with E-state index < -0.39 is 17.6 Å². The fourth-order valence-electron chi connectivity index (χ4n) is 5.69. The van der Waals surface area contributed by atoms with Gasteiger partial charge in [-0.25, -0.2) is 15.0 Å². The van der Waals surface area contributed by atoms with Gasteiger partial charge in [-0.2, -0.15) is 13.2 Å². The maximum absolute atomic E-state index is 13.6. The molecule has 2 saturated heterocycles. The van der Waals surface area contributed by atoms with Crippen molar-refractivity contribution >= 4 is 50.1 Å². The number of carbonyl (C=O) groups excluding carboxylic acids is 2. The largest absolute Gasteiger partial charge is 0.465 e. The number of hydrogen-bond donors (Lipinski definition) is 1. The van der Waals surface area contributed by atoms with E-state index in [0.29, 0.717) is 55.9 Å². The van der Waals surface area contributed by atoms with Crippen LogP contribution in [0.25, 0.3) is 11.3 Å². The second kappa shape index (κ2) is 14.1. The third-order valence-electron chi connectivity index (χ3n) is 7.99. The number of piperazine rings is 1. The van der Waals surface area contributed by atoms with Gasteiger partial charge in [0.2, 0.25) is 0 Å². The van der Waals surface area contributed by atoms with Crippen LogP contribution in [0.3, 0.4) is 0 Å². The molecule has 0 bridgehead atoms. The maximum Gasteiger partial charge on any atom is 0.416 e. The predicted octanol–water partition coefficient (Wildman–Crippen LogP) is 5.69. The Hall–Kier alpha value is -3.14. The number of alkyl halides is 3. The number of carbonyl (C=O) groups is 2. The minimum Gasteiger partial charge on any atom is -0.465 e. The number of benzene rings is 1. The predicted molar refractivity (Wildman–Crippen MR) is 169 cm³/mol. The van der Waals surface area contributed by atoms with Gasteiger partial charge in [-0.3, -0.25) is 24.7 Å². The number of anilines is 2. The van der Waals surface area contributed by atoms with Crippen molar-refractivity contribution in [3.8, 4) is 11.3 Å². The van der Waals surface area contributed by atoms with Crippen LogP contribution in [0.2, 0.25) is 0 Å². The van der Waals surface area contributed by atoms with Crippen molar-refractivity contribution in [1.29, 1.82) is 0 Å². The van der Waals surface area contributed by atoms with Gasteiger partial charge in [0.25, 0.3) is 5.91 Å². The van der Waals surface area contributed by atoms with Gasteiger partial charge < -0.3 is 9.64 Å². The zero-order valence-corrected chi connectivity index (χ0v) is 27.6. The summed E-state index contributed by atoms with van der Waals surface area (Å²) >= 11 is 4.46. The topological polar surface area (TPSA) is 104 Å². The third kappa shape index (κ3) is 8.18. The molecule has 1 aromatic carbocycles. The molecule has 10 nitrogen and oxygen atoms in total. The van der Waals surface area contributed by atoms with Gasteiger partial charge in [0.15, 0.2) is 5.13 Å². The van der Waals surface area contributed by atoms with Gasteiger partial charge in [-0.15, -0.1) is 0 Å². The number of likely N-dealkylation sites (tertiary alicyclic amines) is 1. The fraction of sp³-hybridized carbons (Fsp3) is 0.500. The number of thiazole rings is 1. The summed E-state index contributed by atoms with van der Waals surface area (Å²) in [4.78, 5) is 45.6. The Morgan fingerprint density at radius 1 is 1.11 bits per heavy atom. The maximum atomic E-state index is 13.6. The smallest absolute Gasteiger partial charge is 0.416 e. The first kappa shape index (κ1) is 33.2. The van der Waals surface area contributed by atoms with Crippen LogP contribution in [0.4, 0.5) is 24.1 Å². The lowest BCUT2D eigenvalue weighted by atomic mass is 10.1. The van der Waals surface area contributed by atoms with E-state index in [-0.39, 0.29) is 33.9 Å². The summed E-state index contributed by atoms with van der Waals surface area (Å²) in [5, 5.41) is 3.04. The Labute approximate surface area is 272 Å². The highest BCUT2D eigenvalue weighted by Gasteiger charge is 2.32. The third-order valence-corrected chi connectivity index (χ3v) is 9.40. The molecule has 2 fully saturated rings. The summed E-state index contributed by atoms with van der Waals surface area (Å²) in [6.07, 6.45) is 0.510. The first-order valence-corrected chi connectivity index (χ1v) is 16.4. The molecule has 15 heteroatoms. The summed E-state index contributed by atoms with van der Waals surface area (Å²) < 4.78 is 46.2. The minimum absolute atomic E-state index is 0.0588. The number of aromatic nitrogens is 3. The van der Waals surface area contributed by atoms with Crippen molar-refractivity contribution in [2.45, 2.75) is 58.4 Å². The number of halogens is 4. The van der Waals surface area contributed by atoms with E-state index in [1.807, 2.05) is 11.8 Å². The summed E-state index contributed by atoms with van der Waals surface area (Å²) in [6, 6.07) is 4.12. The molecular weight excluding hydrogens is 675 g/mol. The molecular formula is C30H35BrF3N7O3S. The van der Waals surface area contributed by atoms with Gasteiger partial charge >= 0.3 is 12.1 Å². The Morgan fingerprint density at radius 3 is 2.56 bits per heavy atom. The van der Waals surface area contributed by atoms with E-state index in [2.05, 4.69) is 52.9 Å². The molecule has 0 radical (unpaired) electrons. The average Bonchev–Trinajstić information content (AvgIpc) is 3.58. The van der Waals surface area contributed by atoms with Gasteiger partial charge in [0.1, 0.15) is 11.5 Å². The Morgan fingerprint density at radius 2 is 1.91 bits per heavy atom. The lowest BCUT2D eigenvalue weighted by Gasteiger charge is -2.39. The monoisotopic (exact) mass is 709 g/mol. The Balaban J connectivity index is 1.31. The van der Waals surface area contributed by atoms with Crippen molar-refractivity contribution < 1.29 is 27.5 Å². The standard InChI is InChI=1S/C30H35BrF3N7O3S/c1-4-44-26(42)17-39-8-9-41(19(3)15-39)25-14-35-23(13-36-25)28(43)38-29-37-27(24(45-29)16-40-7-5-6-18(40)2)20-10-21(30(32,33)34)12-22(31)11-20/h10-14,18-19H,4-9,15-17H2,1-3H3,(H,37,38,43)/t18-,19-/m1/s1. The zero-order chi connectivity index (χ0) is 32.3. The number of ether oxygens (including phenoxy) is 1. The number of amides is 1. The molecule has 1 amide bonds. The highest BCUT2D eigenvalue weighted by atomic mass is 79.9. The molecule has 2 atom stereocenters. The van der Waals surface area contributed by atoms with Crippen molar-refractivity contribution in [3.05, 3.63) is 51.2 Å². The number of hydrogen-bond acceptors (Lipinski definition) is 10. The molecule has 242 valence electrons. The molecule has 0 unspecified atom stereocenters. The van der Waals surface area contributed by atoms with Crippen LogP contribution in [0.1, 0.15) is 54.5 Å². The number of nitrogens with one attached hydrogen (secondary N) is 1. The molecule has 3 aromatic rings. The van der Waals surface area contributed by atoms with E-state index in [1.165, 1.54) is 17.5 Å². The molecule has 5 rings (SSSR count). The van der Waals surface area contributed by atoms with Crippen molar-refractivity contribution in [2.75, 3.05) is 49.5 Å². The first-order chi connectivity index (χ1) is 21.4. The van der Waals surface area contributed by atoms with E-state index in [9.17, 15) is 22.8 Å². The highest BCUT2D eigenvalue weighted by molar-refractivity contribution is 9.10. The molecule has 0 spiro atoms. The highest BCUT2D eigenvalue weighted by Crippen LogP contribution is 2.39. The van der Waals surface area contributed by atoms with E-state index in [4.69, 9.17) is 4.74 Å². The lowest BCUT2D eigenvalue weighted by Crippen LogP contribution is -2.53. The van der Waals surface area contributed by atoms with Gasteiger partial charge in [-0.05, 0) is 58.4 Å². The molecule has 2 aliphatic heterocycles. The number of nitrogens with zero attached hydrogens (tertiary/aromatic N) is 6. The average molecular weight is 711 g/mol. The quantitative estimate of drug-likeness (QED) is 0.281. The fourth-order valence-corrected chi connectivity index (χ4v) is 7.19. The van der Waals surface area contributed by atoms with E-state index in [1.54, 1.807) is 19.2 Å². The van der Waals surface area contributed by atoms with Crippen LogP contribution < -0.4 is 10.2 Å². The Bertz CT molecular complexity index is 1520. The van der Waals surface area contributed by atoms with Crippen molar-refractivity contribution in [3.63, 3.8) is 0 Å². The summed E-state index contributed by atoms with van der Waals surface area (Å²) in [6.45, 7) is 9.85. The van der Waals surface area contributed by atoms with Crippen LogP contribution in [0.15, 0.2) is 35.1 Å². The molecule has 1 N–H and O–H groups in total. The van der Waals surface area contributed by atoms with Gasteiger partial charge in [0.05, 0.1) is 36.8 Å². The second-order valence-corrected chi connectivity index (χ2v) is 13.3. The molecule has 0 aliphatic carbocycles. The number of rotatable bonds is 9. The van der Waals surface area contributed by atoms with Crippen LogP contribution in [-0.2, 0) is 22.3 Å². The molecule has 2 aliphatic rings. The second-order valence-electron chi connectivity index (χ2n) is 11.3. The van der Waals surface area contributed by atoms with Gasteiger partial charge in [-0.1, -0.05) is 27.3 Å². The van der Waals surface area contributed by atoms with Crippen LogP contribution in [-0.4, -0.2) is 88.0 Å². The van der Waals surface area contributed by atoms with Gasteiger partial charge in [0, 0.05) is 53.2 Å². The number of esters is 1. The van der Waals surface area contributed by atoms with Crippen molar-refractivity contribution in [2.24, 2.45) is 0 Å². The van der Waals surface area contributed by atoms with E-state index in [0.717, 1.165) is 36.4 Å². The van der Waals surface area contributed by atoms with Crippen LogP contribution in [0, 0.1) is 0 Å². The molecule has 0 saturated carbocycles. The summed E-state index contributed by atoms with van der Waals surface area (Å²) in [5.41, 5.74) is 0.0197. The summed E-state index contributed by atoms with van der Waals surface area (Å²) in [7, 11) is 0. The molecule has 45 heavy (non-hydrogen) atoms. The lowest BCUT2D eigenvalue weighted by molar-refractivity contribution is -0.144. The minimum atomic E-state index is -4.52. The molecule has 2 aromatic heterocycles. The Kier molecular flexibility index (Phi) is 10.4. The first-order valence-electron chi connectivity index (χ1n) is 14.8. The normalized spacial score (nSPS) is 19.6. The van der Waals surface area contributed by atoms with E-state index >= 15 is 0 Å². The summed E-state index contributed by atoms with van der Waals surface area (Å²) in [5.74, 6) is -0.155. The van der Waals surface area contributed by atoms with Crippen molar-refractivity contribution in [1.82, 2.24) is 24.8 Å². The van der Waals surface area contributed by atoms with Crippen LogP contribution >= 0.6 is 27.3 Å². The zero-order valence-electron chi connectivity index (χ0n) is 25.2. The molecule has 4 heterocycles. The van der Waals surface area contributed by atoms with Crippen LogP contribution in [0.5, 0.6) is 0 Å².